The van der Waals surface area contributed by atoms with Gasteiger partial charge in [0, 0.05) is 25.2 Å². The minimum absolute atomic E-state index is 0.127. The predicted octanol–water partition coefficient (Wildman–Crippen LogP) is 4.79. The molecule has 0 atom stereocenters. The van der Waals surface area contributed by atoms with Gasteiger partial charge in [-0.2, -0.15) is 0 Å². The van der Waals surface area contributed by atoms with Gasteiger partial charge in [-0.25, -0.2) is 17.8 Å². The Morgan fingerprint density at radius 1 is 1.03 bits per heavy atom. The van der Waals surface area contributed by atoms with Crippen molar-refractivity contribution in [1.82, 2.24) is 9.88 Å². The van der Waals surface area contributed by atoms with E-state index in [1.54, 1.807) is 12.1 Å². The summed E-state index contributed by atoms with van der Waals surface area (Å²) in [5, 5.41) is 0.397. The molecule has 0 bridgehead atoms. The van der Waals surface area contributed by atoms with Gasteiger partial charge in [0.05, 0.1) is 15.3 Å². The van der Waals surface area contributed by atoms with Crippen LogP contribution in [0.3, 0.4) is 0 Å². The van der Waals surface area contributed by atoms with Crippen molar-refractivity contribution in [2.75, 3.05) is 42.9 Å². The maximum Gasteiger partial charge on any atom is 0.264 e. The third-order valence-corrected chi connectivity index (χ3v) is 9.23. The molecule has 10 heteroatoms. The van der Waals surface area contributed by atoms with Crippen molar-refractivity contribution >= 4 is 48.3 Å². The Kier molecular flexibility index (Phi) is 6.98. The average molecular weight is 539 g/mol. The summed E-state index contributed by atoms with van der Waals surface area (Å²) in [7, 11) is 0.0197. The number of aryl methyl sites for hydroxylation is 1. The third kappa shape index (κ3) is 4.96. The van der Waals surface area contributed by atoms with Crippen LogP contribution >= 0.6 is 11.3 Å². The van der Waals surface area contributed by atoms with Crippen LogP contribution in [0.15, 0.2) is 71.6 Å². The van der Waals surface area contributed by atoms with E-state index in [-0.39, 0.29) is 16.3 Å². The number of thiazole rings is 1. The van der Waals surface area contributed by atoms with Crippen molar-refractivity contribution in [3.63, 3.8) is 0 Å². The third-order valence-electron chi connectivity index (χ3n) is 6.36. The van der Waals surface area contributed by atoms with E-state index in [1.165, 1.54) is 50.9 Å². The van der Waals surface area contributed by atoms with Gasteiger partial charge in [-0.3, -0.25) is 14.0 Å². The molecule has 0 fully saturated rings. The molecule has 0 aliphatic carbocycles. The van der Waals surface area contributed by atoms with E-state index in [4.69, 9.17) is 0 Å². The maximum absolute atomic E-state index is 14.3. The molecule has 0 spiro atoms. The molecule has 0 unspecified atom stereocenters. The highest BCUT2D eigenvalue weighted by Crippen LogP contribution is 2.33. The van der Waals surface area contributed by atoms with Gasteiger partial charge in [0.1, 0.15) is 11.3 Å². The van der Waals surface area contributed by atoms with Gasteiger partial charge in [0.15, 0.2) is 5.13 Å². The lowest BCUT2D eigenvalue weighted by molar-refractivity contribution is 0.0985. The Balaban J connectivity index is 1.45. The van der Waals surface area contributed by atoms with Crippen molar-refractivity contribution in [1.29, 1.82) is 0 Å². The molecule has 1 aliphatic rings. The van der Waals surface area contributed by atoms with E-state index < -0.39 is 15.8 Å². The number of likely N-dealkylation sites (N-methyl/N-ethyl adjacent to an activating group) is 1. The van der Waals surface area contributed by atoms with E-state index in [9.17, 15) is 17.6 Å². The minimum Gasteiger partial charge on any atom is -0.308 e. The Hall–Kier alpha value is -3.34. The summed E-state index contributed by atoms with van der Waals surface area (Å²) < 4.78 is 43.3. The molecule has 37 heavy (non-hydrogen) atoms. The quantitative estimate of drug-likeness (QED) is 0.339. The first-order valence-electron chi connectivity index (χ1n) is 12.0. The standard InChI is InChI=1S/C27H27FN4O3S2/c1-30(2)17-18-31(27-29-25-22(28)9-5-11-24(25)36-27)26(33)20-12-14-21(15-13-20)37(34,35)32-16-6-8-19-7-3-4-10-23(19)32/h3-5,7,9-15H,6,8,16-18H2,1-2H3. The molecular weight excluding hydrogens is 511 g/mol. The van der Waals surface area contributed by atoms with Crippen LogP contribution in [0.4, 0.5) is 15.2 Å². The van der Waals surface area contributed by atoms with Crippen LogP contribution in [0.1, 0.15) is 22.3 Å². The Labute approximate surface area is 219 Å². The highest BCUT2D eigenvalue weighted by atomic mass is 32.2. The van der Waals surface area contributed by atoms with Crippen LogP contribution in [0, 0.1) is 5.82 Å². The molecule has 3 aromatic carbocycles. The molecule has 0 saturated carbocycles. The molecule has 1 amide bonds. The fraction of sp³-hybridized carbons (Fsp3) is 0.259. The predicted molar refractivity (Wildman–Crippen MR) is 146 cm³/mol. The van der Waals surface area contributed by atoms with Crippen LogP contribution in [0.25, 0.3) is 10.2 Å². The molecule has 0 N–H and O–H groups in total. The zero-order chi connectivity index (χ0) is 26.2. The first-order valence-corrected chi connectivity index (χ1v) is 14.2. The molecule has 1 aliphatic heterocycles. The first-order chi connectivity index (χ1) is 17.8. The number of hydrogen-bond acceptors (Lipinski definition) is 6. The van der Waals surface area contributed by atoms with Gasteiger partial charge in [-0.1, -0.05) is 35.6 Å². The Bertz CT molecular complexity index is 1550. The number of anilines is 2. The number of nitrogens with zero attached hydrogens (tertiary/aromatic N) is 4. The minimum atomic E-state index is -3.78. The second-order valence-corrected chi connectivity index (χ2v) is 12.0. The summed E-state index contributed by atoms with van der Waals surface area (Å²) in [4.78, 5) is 21.6. The monoisotopic (exact) mass is 538 g/mol. The van der Waals surface area contributed by atoms with E-state index in [0.717, 1.165) is 18.4 Å². The molecular formula is C27H27FN4O3S2. The van der Waals surface area contributed by atoms with Crippen LogP contribution in [-0.2, 0) is 16.4 Å². The molecule has 192 valence electrons. The van der Waals surface area contributed by atoms with Crippen LogP contribution in [0.5, 0.6) is 0 Å². The van der Waals surface area contributed by atoms with Gasteiger partial charge in [0.25, 0.3) is 15.9 Å². The summed E-state index contributed by atoms with van der Waals surface area (Å²) in [6.45, 7) is 1.33. The van der Waals surface area contributed by atoms with Crippen molar-refractivity contribution in [2.24, 2.45) is 0 Å². The summed E-state index contributed by atoms with van der Waals surface area (Å²) in [6.07, 6.45) is 1.59. The number of aromatic nitrogens is 1. The number of halogens is 1. The Morgan fingerprint density at radius 3 is 2.51 bits per heavy atom. The summed E-state index contributed by atoms with van der Waals surface area (Å²) in [6, 6.07) is 18.3. The summed E-state index contributed by atoms with van der Waals surface area (Å²) in [5.74, 6) is -0.762. The number of hydrogen-bond donors (Lipinski definition) is 0. The van der Waals surface area contributed by atoms with Crippen molar-refractivity contribution in [3.05, 3.63) is 83.7 Å². The lowest BCUT2D eigenvalue weighted by Crippen LogP contribution is -2.37. The fourth-order valence-corrected chi connectivity index (χ4v) is 6.95. The van der Waals surface area contributed by atoms with Gasteiger partial charge >= 0.3 is 0 Å². The smallest absolute Gasteiger partial charge is 0.264 e. The van der Waals surface area contributed by atoms with E-state index in [0.29, 0.717) is 40.7 Å². The second kappa shape index (κ2) is 10.2. The molecule has 0 radical (unpaired) electrons. The first kappa shape index (κ1) is 25.3. The number of benzene rings is 3. The van der Waals surface area contributed by atoms with Crippen LogP contribution in [0.2, 0.25) is 0 Å². The van der Waals surface area contributed by atoms with E-state index >= 15 is 0 Å². The van der Waals surface area contributed by atoms with E-state index in [1.807, 2.05) is 43.3 Å². The molecule has 4 aromatic rings. The van der Waals surface area contributed by atoms with Crippen LogP contribution < -0.4 is 9.21 Å². The number of rotatable bonds is 7. The maximum atomic E-state index is 14.3. The lowest BCUT2D eigenvalue weighted by Gasteiger charge is -2.30. The normalized spacial score (nSPS) is 13.7. The molecule has 0 saturated heterocycles. The molecule has 5 rings (SSSR count). The number of amides is 1. The van der Waals surface area contributed by atoms with Gasteiger partial charge in [0.2, 0.25) is 0 Å². The van der Waals surface area contributed by atoms with Gasteiger partial charge in [-0.15, -0.1) is 0 Å². The Morgan fingerprint density at radius 2 is 1.78 bits per heavy atom. The SMILES string of the molecule is CN(C)CCN(C(=O)c1ccc(S(=O)(=O)N2CCCc3ccccc32)cc1)c1nc2c(F)cccc2s1. The van der Waals surface area contributed by atoms with Crippen molar-refractivity contribution in [2.45, 2.75) is 17.7 Å². The zero-order valence-corrected chi connectivity index (χ0v) is 22.2. The van der Waals surface area contributed by atoms with Crippen LogP contribution in [-0.4, -0.2) is 57.9 Å². The second-order valence-electron chi connectivity index (χ2n) is 9.18. The number of sulfonamides is 1. The largest absolute Gasteiger partial charge is 0.308 e. The van der Waals surface area contributed by atoms with Crippen molar-refractivity contribution in [3.8, 4) is 0 Å². The lowest BCUT2D eigenvalue weighted by atomic mass is 10.0. The highest BCUT2D eigenvalue weighted by Gasteiger charge is 2.29. The molecule has 2 heterocycles. The van der Waals surface area contributed by atoms with Gasteiger partial charge < -0.3 is 4.90 Å². The van der Waals surface area contributed by atoms with E-state index in [2.05, 4.69) is 4.98 Å². The number of carbonyl (C=O) groups excluding carboxylic acids is 1. The summed E-state index contributed by atoms with van der Waals surface area (Å²) in [5.41, 5.74) is 2.27. The zero-order valence-electron chi connectivity index (χ0n) is 20.6. The fourth-order valence-electron chi connectivity index (χ4n) is 4.40. The number of carbonyl (C=O) groups is 1. The number of para-hydroxylation sites is 2. The highest BCUT2D eigenvalue weighted by molar-refractivity contribution is 7.92. The van der Waals surface area contributed by atoms with Gasteiger partial charge in [-0.05, 0) is 75.0 Å². The number of fused-ring (bicyclic) bond motifs is 2. The molecule has 7 nitrogen and oxygen atoms in total. The van der Waals surface area contributed by atoms with Crippen molar-refractivity contribution < 1.29 is 17.6 Å². The average Bonchev–Trinajstić information content (AvgIpc) is 3.33. The topological polar surface area (TPSA) is 73.8 Å². The summed E-state index contributed by atoms with van der Waals surface area (Å²) >= 11 is 1.25. The molecule has 1 aromatic heterocycles.